The van der Waals surface area contributed by atoms with Crippen LogP contribution in [-0.4, -0.2) is 34.2 Å². The summed E-state index contributed by atoms with van der Waals surface area (Å²) >= 11 is 1.63. The van der Waals surface area contributed by atoms with E-state index in [-0.39, 0.29) is 12.0 Å². The van der Waals surface area contributed by atoms with Gasteiger partial charge in [-0.25, -0.2) is 0 Å². The van der Waals surface area contributed by atoms with E-state index in [0.717, 1.165) is 31.6 Å². The van der Waals surface area contributed by atoms with E-state index in [1.807, 2.05) is 0 Å². The van der Waals surface area contributed by atoms with Crippen LogP contribution in [0, 0.1) is 0 Å². The summed E-state index contributed by atoms with van der Waals surface area (Å²) in [5, 5.41) is 6.62. The third-order valence-corrected chi connectivity index (χ3v) is 3.88. The summed E-state index contributed by atoms with van der Waals surface area (Å²) in [4.78, 5) is 15.7. The van der Waals surface area contributed by atoms with Crippen LogP contribution in [0.1, 0.15) is 44.0 Å². The van der Waals surface area contributed by atoms with Crippen LogP contribution in [0.5, 0.6) is 0 Å². The molecule has 0 unspecified atom stereocenters. The number of thioether (sulfide) groups is 1. The smallest absolute Gasteiger partial charge is 0.255 e. The molecule has 1 N–H and O–H groups in total. The van der Waals surface area contributed by atoms with Crippen molar-refractivity contribution in [1.29, 1.82) is 0 Å². The van der Waals surface area contributed by atoms with E-state index in [0.29, 0.717) is 24.0 Å². The third-order valence-electron chi connectivity index (χ3n) is 2.71. The largest absolute Gasteiger partial charge is 0.368 e. The second-order valence-corrected chi connectivity index (χ2v) is 5.48. The molecule has 0 aliphatic carbocycles. The molecule has 0 saturated carbocycles. The highest BCUT2D eigenvalue weighted by molar-refractivity contribution is 7.99. The fraction of sp³-hybridized carbons (Fsp3) is 0.750. The Balaban J connectivity index is 1.72. The van der Waals surface area contributed by atoms with Crippen LogP contribution in [0.3, 0.4) is 0 Å². The number of amides is 1. The Hall–Kier alpha value is -1.08. The standard InChI is InChI=1S/C12H19N3O3S/c1-2-6-19-8-11(16)13-7-10-14-12(18-15-10)9-4-3-5-17-9/h9H,2-8H2,1H3,(H,13,16)/t9-/m0/s1. The molecule has 2 rings (SSSR count). The average molecular weight is 285 g/mol. The van der Waals surface area contributed by atoms with Crippen molar-refractivity contribution in [3.63, 3.8) is 0 Å². The van der Waals surface area contributed by atoms with Crippen molar-refractivity contribution in [2.45, 2.75) is 38.8 Å². The highest BCUT2D eigenvalue weighted by atomic mass is 32.2. The molecule has 19 heavy (non-hydrogen) atoms. The summed E-state index contributed by atoms with van der Waals surface area (Å²) in [6.45, 7) is 3.15. The van der Waals surface area contributed by atoms with Gasteiger partial charge in [-0.05, 0) is 25.0 Å². The average Bonchev–Trinajstić information content (AvgIpc) is 3.07. The van der Waals surface area contributed by atoms with Crippen LogP contribution in [0.2, 0.25) is 0 Å². The molecule has 0 spiro atoms. The molecule has 1 fully saturated rings. The zero-order valence-electron chi connectivity index (χ0n) is 11.1. The normalized spacial score (nSPS) is 18.7. The monoisotopic (exact) mass is 285 g/mol. The SMILES string of the molecule is CCCSCC(=O)NCc1noc([C@@H]2CCCO2)n1. The molecule has 7 heteroatoms. The number of nitrogens with zero attached hydrogens (tertiary/aromatic N) is 2. The number of nitrogens with one attached hydrogen (secondary N) is 1. The summed E-state index contributed by atoms with van der Waals surface area (Å²) in [6, 6.07) is 0. The van der Waals surface area contributed by atoms with Gasteiger partial charge in [-0.15, -0.1) is 0 Å². The number of aromatic nitrogens is 2. The first kappa shape index (κ1) is 14.3. The zero-order valence-corrected chi connectivity index (χ0v) is 11.9. The first-order valence-corrected chi connectivity index (χ1v) is 7.73. The molecule has 1 atom stereocenters. The van der Waals surface area contributed by atoms with Gasteiger partial charge < -0.3 is 14.6 Å². The highest BCUT2D eigenvalue weighted by Crippen LogP contribution is 2.26. The van der Waals surface area contributed by atoms with Crippen molar-refractivity contribution in [3.05, 3.63) is 11.7 Å². The van der Waals surface area contributed by atoms with Crippen LogP contribution in [0.4, 0.5) is 0 Å². The predicted octanol–water partition coefficient (Wildman–Crippen LogP) is 1.68. The molecule has 0 bridgehead atoms. The molecular weight excluding hydrogens is 266 g/mol. The molecule has 1 aromatic heterocycles. The second kappa shape index (κ2) is 7.49. The van der Waals surface area contributed by atoms with E-state index >= 15 is 0 Å². The van der Waals surface area contributed by atoms with Gasteiger partial charge in [0.15, 0.2) is 5.82 Å². The Kier molecular flexibility index (Phi) is 5.65. The van der Waals surface area contributed by atoms with E-state index < -0.39 is 0 Å². The number of carbonyl (C=O) groups is 1. The van der Waals surface area contributed by atoms with Crippen LogP contribution < -0.4 is 5.32 Å². The minimum absolute atomic E-state index is 0.00177. The summed E-state index contributed by atoms with van der Waals surface area (Å²) in [7, 11) is 0. The molecule has 6 nitrogen and oxygen atoms in total. The summed E-state index contributed by atoms with van der Waals surface area (Å²) < 4.78 is 10.6. The Labute approximate surface area is 116 Å². The molecule has 2 heterocycles. The minimum Gasteiger partial charge on any atom is -0.368 e. The van der Waals surface area contributed by atoms with E-state index in [1.54, 1.807) is 11.8 Å². The Bertz CT molecular complexity index is 405. The molecule has 1 aromatic rings. The van der Waals surface area contributed by atoms with Gasteiger partial charge in [0.1, 0.15) is 6.10 Å². The van der Waals surface area contributed by atoms with Crippen LogP contribution in [-0.2, 0) is 16.1 Å². The van der Waals surface area contributed by atoms with Crippen molar-refractivity contribution in [2.24, 2.45) is 0 Å². The number of rotatable bonds is 7. The lowest BCUT2D eigenvalue weighted by Gasteiger charge is -2.02. The van der Waals surface area contributed by atoms with Crippen molar-refractivity contribution in [1.82, 2.24) is 15.5 Å². The Morgan fingerprint density at radius 3 is 3.21 bits per heavy atom. The maximum atomic E-state index is 11.5. The van der Waals surface area contributed by atoms with Crippen LogP contribution >= 0.6 is 11.8 Å². The lowest BCUT2D eigenvalue weighted by atomic mass is 10.2. The summed E-state index contributed by atoms with van der Waals surface area (Å²) in [6.07, 6.45) is 2.94. The number of hydrogen-bond acceptors (Lipinski definition) is 6. The maximum absolute atomic E-state index is 11.5. The number of hydrogen-bond donors (Lipinski definition) is 1. The first-order chi connectivity index (χ1) is 9.29. The summed E-state index contributed by atoms with van der Waals surface area (Å²) in [5.74, 6) is 2.49. The molecular formula is C12H19N3O3S. The van der Waals surface area contributed by atoms with E-state index in [4.69, 9.17) is 9.26 Å². The third kappa shape index (κ3) is 4.50. The molecule has 1 aliphatic rings. The predicted molar refractivity (Wildman–Crippen MR) is 71.7 cm³/mol. The summed E-state index contributed by atoms with van der Waals surface area (Å²) in [5.41, 5.74) is 0. The first-order valence-electron chi connectivity index (χ1n) is 6.58. The van der Waals surface area contributed by atoms with Gasteiger partial charge in [-0.2, -0.15) is 16.7 Å². The number of carbonyl (C=O) groups excluding carboxylic acids is 1. The molecule has 0 radical (unpaired) electrons. The topological polar surface area (TPSA) is 77.2 Å². The van der Waals surface area contributed by atoms with Gasteiger partial charge in [-0.3, -0.25) is 4.79 Å². The lowest BCUT2D eigenvalue weighted by Crippen LogP contribution is -2.25. The molecule has 0 aromatic carbocycles. The molecule has 106 valence electrons. The van der Waals surface area contributed by atoms with Crippen molar-refractivity contribution in [2.75, 3.05) is 18.1 Å². The lowest BCUT2D eigenvalue weighted by molar-refractivity contribution is -0.118. The van der Waals surface area contributed by atoms with E-state index in [1.165, 1.54) is 0 Å². The minimum atomic E-state index is -0.0722. The van der Waals surface area contributed by atoms with Gasteiger partial charge >= 0.3 is 0 Å². The second-order valence-electron chi connectivity index (χ2n) is 4.38. The van der Waals surface area contributed by atoms with Gasteiger partial charge in [0.25, 0.3) is 5.89 Å². The molecule has 1 amide bonds. The molecule has 1 saturated heterocycles. The van der Waals surface area contributed by atoms with E-state index in [9.17, 15) is 4.79 Å². The van der Waals surface area contributed by atoms with Gasteiger partial charge in [0.05, 0.1) is 12.3 Å². The molecule has 1 aliphatic heterocycles. The van der Waals surface area contributed by atoms with Crippen LogP contribution in [0.15, 0.2) is 4.52 Å². The van der Waals surface area contributed by atoms with Gasteiger partial charge in [-0.1, -0.05) is 12.1 Å². The Morgan fingerprint density at radius 2 is 2.47 bits per heavy atom. The fourth-order valence-electron chi connectivity index (χ4n) is 1.78. The fourth-order valence-corrected chi connectivity index (χ4v) is 2.50. The van der Waals surface area contributed by atoms with Gasteiger partial charge in [0, 0.05) is 6.61 Å². The quantitative estimate of drug-likeness (QED) is 0.768. The highest BCUT2D eigenvalue weighted by Gasteiger charge is 2.23. The maximum Gasteiger partial charge on any atom is 0.255 e. The van der Waals surface area contributed by atoms with Crippen LogP contribution in [0.25, 0.3) is 0 Å². The van der Waals surface area contributed by atoms with Crippen molar-refractivity contribution < 1.29 is 14.1 Å². The zero-order chi connectivity index (χ0) is 13.5. The van der Waals surface area contributed by atoms with E-state index in [2.05, 4.69) is 22.4 Å². The Morgan fingerprint density at radius 1 is 1.58 bits per heavy atom. The van der Waals surface area contributed by atoms with Gasteiger partial charge in [0.2, 0.25) is 5.91 Å². The van der Waals surface area contributed by atoms with Crippen molar-refractivity contribution in [3.8, 4) is 0 Å². The number of ether oxygens (including phenoxy) is 1. The van der Waals surface area contributed by atoms with Crippen molar-refractivity contribution >= 4 is 17.7 Å².